The molecule has 0 aliphatic rings. The van der Waals surface area contributed by atoms with Crippen LogP contribution in [-0.2, 0) is 13.0 Å². The van der Waals surface area contributed by atoms with Crippen molar-refractivity contribution >= 4 is 0 Å². The van der Waals surface area contributed by atoms with Gasteiger partial charge < -0.3 is 15.0 Å². The summed E-state index contributed by atoms with van der Waals surface area (Å²) >= 11 is 0. The van der Waals surface area contributed by atoms with Gasteiger partial charge in [-0.05, 0) is 30.5 Å². The monoisotopic (exact) mass is 265 g/mol. The SMILES string of the molecule is CCC(N)Cc1cc(F)cc(OCc2ncon2)c1. The van der Waals surface area contributed by atoms with E-state index in [4.69, 9.17) is 10.5 Å². The molecule has 0 aliphatic carbocycles. The predicted octanol–water partition coefficient (Wildman–Crippen LogP) is 2.07. The Morgan fingerprint density at radius 1 is 1.42 bits per heavy atom. The second-order valence-electron chi connectivity index (χ2n) is 4.30. The normalized spacial score (nSPS) is 12.4. The van der Waals surface area contributed by atoms with Gasteiger partial charge in [-0.1, -0.05) is 12.1 Å². The van der Waals surface area contributed by atoms with Gasteiger partial charge in [0.2, 0.25) is 12.2 Å². The zero-order chi connectivity index (χ0) is 13.7. The zero-order valence-corrected chi connectivity index (χ0v) is 10.7. The van der Waals surface area contributed by atoms with Crippen molar-refractivity contribution in [2.75, 3.05) is 0 Å². The summed E-state index contributed by atoms with van der Waals surface area (Å²) in [5, 5.41) is 3.61. The molecule has 1 aromatic carbocycles. The molecule has 19 heavy (non-hydrogen) atoms. The van der Waals surface area contributed by atoms with Crippen LogP contribution in [0.15, 0.2) is 29.1 Å². The first kappa shape index (κ1) is 13.5. The van der Waals surface area contributed by atoms with E-state index < -0.39 is 0 Å². The molecular formula is C13H16FN3O2. The molecule has 2 rings (SSSR count). The fourth-order valence-electron chi connectivity index (χ4n) is 1.67. The third-order valence-corrected chi connectivity index (χ3v) is 2.73. The molecule has 0 radical (unpaired) electrons. The average Bonchev–Trinajstić information content (AvgIpc) is 2.88. The molecule has 5 nitrogen and oxygen atoms in total. The Morgan fingerprint density at radius 2 is 2.26 bits per heavy atom. The lowest BCUT2D eigenvalue weighted by Crippen LogP contribution is -2.21. The summed E-state index contributed by atoms with van der Waals surface area (Å²) in [5.41, 5.74) is 6.68. The quantitative estimate of drug-likeness (QED) is 0.865. The van der Waals surface area contributed by atoms with Crippen molar-refractivity contribution in [3.8, 4) is 5.75 Å². The molecule has 2 N–H and O–H groups in total. The van der Waals surface area contributed by atoms with Crippen molar-refractivity contribution in [2.24, 2.45) is 5.73 Å². The van der Waals surface area contributed by atoms with E-state index >= 15 is 0 Å². The van der Waals surface area contributed by atoms with Gasteiger partial charge in [0.05, 0.1) is 0 Å². The van der Waals surface area contributed by atoms with Crippen LogP contribution in [0, 0.1) is 5.82 Å². The maximum absolute atomic E-state index is 13.5. The maximum Gasteiger partial charge on any atom is 0.213 e. The van der Waals surface area contributed by atoms with Crippen LogP contribution in [0.4, 0.5) is 4.39 Å². The topological polar surface area (TPSA) is 74.2 Å². The lowest BCUT2D eigenvalue weighted by Gasteiger charge is -2.11. The molecule has 1 heterocycles. The number of ether oxygens (including phenoxy) is 1. The van der Waals surface area contributed by atoms with Crippen molar-refractivity contribution in [1.82, 2.24) is 10.1 Å². The standard InChI is InChI=1S/C13H16FN3O2/c1-2-11(15)4-9-3-10(14)6-12(5-9)18-7-13-16-8-19-17-13/h3,5-6,8,11H,2,4,7,15H2,1H3. The van der Waals surface area contributed by atoms with Gasteiger partial charge in [-0.2, -0.15) is 4.98 Å². The smallest absolute Gasteiger partial charge is 0.213 e. The van der Waals surface area contributed by atoms with Gasteiger partial charge in [0, 0.05) is 12.1 Å². The van der Waals surface area contributed by atoms with Gasteiger partial charge >= 0.3 is 0 Å². The van der Waals surface area contributed by atoms with Crippen LogP contribution in [0.1, 0.15) is 24.7 Å². The van der Waals surface area contributed by atoms with Crippen LogP contribution >= 0.6 is 0 Å². The molecule has 0 fully saturated rings. The first-order valence-corrected chi connectivity index (χ1v) is 6.10. The van der Waals surface area contributed by atoms with Gasteiger partial charge in [0.1, 0.15) is 11.6 Å². The van der Waals surface area contributed by atoms with Gasteiger partial charge in [-0.3, -0.25) is 0 Å². The van der Waals surface area contributed by atoms with Crippen molar-refractivity contribution in [3.05, 3.63) is 41.8 Å². The Hall–Kier alpha value is -1.95. The highest BCUT2D eigenvalue weighted by molar-refractivity contribution is 5.30. The molecule has 1 aromatic heterocycles. The van der Waals surface area contributed by atoms with E-state index in [0.717, 1.165) is 12.0 Å². The highest BCUT2D eigenvalue weighted by Crippen LogP contribution is 2.18. The van der Waals surface area contributed by atoms with Crippen LogP contribution in [0.25, 0.3) is 0 Å². The highest BCUT2D eigenvalue weighted by atomic mass is 19.1. The number of halogens is 1. The van der Waals surface area contributed by atoms with E-state index in [2.05, 4.69) is 14.7 Å². The van der Waals surface area contributed by atoms with Gasteiger partial charge in [0.15, 0.2) is 6.61 Å². The fourth-order valence-corrected chi connectivity index (χ4v) is 1.67. The van der Waals surface area contributed by atoms with Crippen molar-refractivity contribution < 1.29 is 13.7 Å². The number of hydrogen-bond acceptors (Lipinski definition) is 5. The Balaban J connectivity index is 2.03. The van der Waals surface area contributed by atoms with E-state index in [9.17, 15) is 4.39 Å². The zero-order valence-electron chi connectivity index (χ0n) is 10.7. The van der Waals surface area contributed by atoms with Crippen LogP contribution in [0.5, 0.6) is 5.75 Å². The van der Waals surface area contributed by atoms with Crippen LogP contribution < -0.4 is 10.5 Å². The molecule has 6 heteroatoms. The second-order valence-corrected chi connectivity index (χ2v) is 4.30. The molecule has 0 saturated carbocycles. The number of nitrogens with two attached hydrogens (primary N) is 1. The number of rotatable bonds is 6. The van der Waals surface area contributed by atoms with E-state index in [0.29, 0.717) is 18.0 Å². The van der Waals surface area contributed by atoms with Crippen LogP contribution in [0.3, 0.4) is 0 Å². The van der Waals surface area contributed by atoms with E-state index in [1.165, 1.54) is 18.5 Å². The number of aromatic nitrogens is 2. The lowest BCUT2D eigenvalue weighted by atomic mass is 10.0. The summed E-state index contributed by atoms with van der Waals surface area (Å²) in [6.07, 6.45) is 2.68. The number of benzene rings is 1. The predicted molar refractivity (Wildman–Crippen MR) is 67.0 cm³/mol. The molecule has 2 aromatic rings. The maximum atomic E-state index is 13.5. The molecule has 0 amide bonds. The summed E-state index contributed by atoms with van der Waals surface area (Å²) in [6.45, 7) is 2.14. The van der Waals surface area contributed by atoms with Gasteiger partial charge in [0.25, 0.3) is 0 Å². The lowest BCUT2D eigenvalue weighted by molar-refractivity contribution is 0.285. The molecular weight excluding hydrogens is 249 g/mol. The first-order chi connectivity index (χ1) is 9.17. The second kappa shape index (κ2) is 6.29. The van der Waals surface area contributed by atoms with Crippen molar-refractivity contribution in [3.63, 3.8) is 0 Å². The average molecular weight is 265 g/mol. The summed E-state index contributed by atoms with van der Waals surface area (Å²) in [4.78, 5) is 3.82. The fraction of sp³-hybridized carbons (Fsp3) is 0.385. The largest absolute Gasteiger partial charge is 0.485 e. The van der Waals surface area contributed by atoms with Crippen molar-refractivity contribution in [2.45, 2.75) is 32.4 Å². The van der Waals surface area contributed by atoms with Crippen LogP contribution in [-0.4, -0.2) is 16.2 Å². The van der Waals surface area contributed by atoms with Gasteiger partial charge in [-0.15, -0.1) is 0 Å². The first-order valence-electron chi connectivity index (χ1n) is 6.10. The third kappa shape index (κ3) is 4.03. The Bertz CT molecular complexity index is 517. The van der Waals surface area contributed by atoms with Gasteiger partial charge in [-0.25, -0.2) is 4.39 Å². The number of nitrogens with zero attached hydrogens (tertiary/aromatic N) is 2. The third-order valence-electron chi connectivity index (χ3n) is 2.73. The minimum absolute atomic E-state index is 0.0202. The minimum Gasteiger partial charge on any atom is -0.485 e. The van der Waals surface area contributed by atoms with Crippen LogP contribution in [0.2, 0.25) is 0 Å². The molecule has 102 valence electrons. The summed E-state index contributed by atoms with van der Waals surface area (Å²) in [5.74, 6) is 0.503. The highest BCUT2D eigenvalue weighted by Gasteiger charge is 2.07. The molecule has 1 atom stereocenters. The van der Waals surface area contributed by atoms with E-state index in [-0.39, 0.29) is 18.5 Å². The van der Waals surface area contributed by atoms with E-state index in [1.54, 1.807) is 6.07 Å². The molecule has 0 spiro atoms. The molecule has 0 aliphatic heterocycles. The summed E-state index contributed by atoms with van der Waals surface area (Å²) in [6, 6.07) is 4.59. The van der Waals surface area contributed by atoms with E-state index in [1.807, 2.05) is 6.92 Å². The summed E-state index contributed by atoms with van der Waals surface area (Å²) < 4.78 is 23.5. The Morgan fingerprint density at radius 3 is 2.95 bits per heavy atom. The Labute approximate surface area is 110 Å². The molecule has 0 saturated heterocycles. The Kier molecular flexibility index (Phi) is 4.46. The minimum atomic E-state index is -0.344. The molecule has 0 bridgehead atoms. The van der Waals surface area contributed by atoms with Crippen molar-refractivity contribution in [1.29, 1.82) is 0 Å². The number of hydrogen-bond donors (Lipinski definition) is 1. The molecule has 1 unspecified atom stereocenters. The summed E-state index contributed by atoms with van der Waals surface area (Å²) in [7, 11) is 0.